The molecule has 1 N–H and O–H groups in total. The van der Waals surface area contributed by atoms with Gasteiger partial charge in [-0.25, -0.2) is 0 Å². The molecule has 0 aliphatic carbocycles. The first-order valence-electron chi connectivity index (χ1n) is 8.27. The minimum absolute atomic E-state index is 0.332. The van der Waals surface area contributed by atoms with Gasteiger partial charge in [-0.15, -0.1) is 0 Å². The van der Waals surface area contributed by atoms with Gasteiger partial charge in [0.05, 0.1) is 39.0 Å². The number of ether oxygens (including phenoxy) is 1. The molecule has 0 bridgehead atoms. The number of hydrogen-bond acceptors (Lipinski definition) is 3. The Balaban J connectivity index is 1.53. The van der Waals surface area contributed by atoms with Crippen LogP contribution in [0.25, 0.3) is 0 Å². The number of nitrogens with zero attached hydrogens (tertiary/aromatic N) is 2. The fraction of sp³-hybridized carbons (Fsp3) is 0.588. The molecule has 2 saturated heterocycles. The summed E-state index contributed by atoms with van der Waals surface area (Å²) in [6.07, 6.45) is 2.34. The molecule has 120 valence electrons. The summed E-state index contributed by atoms with van der Waals surface area (Å²) in [5.74, 6) is 1.26. The summed E-state index contributed by atoms with van der Waals surface area (Å²) in [5, 5.41) is 0. The number of nitrogens with one attached hydrogen (secondary N) is 1. The van der Waals surface area contributed by atoms with Crippen molar-refractivity contribution < 1.29 is 14.4 Å². The normalized spacial score (nSPS) is 19.5. The molecule has 0 atom stereocenters. The van der Waals surface area contributed by atoms with Gasteiger partial charge in [0.1, 0.15) is 5.75 Å². The van der Waals surface area contributed by atoms with E-state index < -0.39 is 0 Å². The Morgan fingerprint density at radius 2 is 1.82 bits per heavy atom. The van der Waals surface area contributed by atoms with Crippen molar-refractivity contribution in [1.82, 2.24) is 4.90 Å². The van der Waals surface area contributed by atoms with E-state index in [-0.39, 0.29) is 0 Å². The number of likely N-dealkylation sites (tertiary alicyclic amines) is 1. The molecular formula is C17H26N3O2+. The summed E-state index contributed by atoms with van der Waals surface area (Å²) < 4.78 is 5.45. The van der Waals surface area contributed by atoms with Gasteiger partial charge in [-0.05, 0) is 25.0 Å². The number of carbonyl (C=O) groups excluding carboxylic acids is 1. The Morgan fingerprint density at radius 1 is 1.14 bits per heavy atom. The molecule has 2 aliphatic heterocycles. The molecule has 5 heteroatoms. The Bertz CT molecular complexity index is 506. The van der Waals surface area contributed by atoms with Crippen molar-refractivity contribution in [2.75, 3.05) is 57.8 Å². The lowest BCUT2D eigenvalue weighted by atomic mass is 10.2. The quantitative estimate of drug-likeness (QED) is 0.852. The number of quaternary nitrogens is 1. The van der Waals surface area contributed by atoms with Crippen LogP contribution in [0.15, 0.2) is 24.3 Å². The second-order valence-electron chi connectivity index (χ2n) is 6.17. The van der Waals surface area contributed by atoms with E-state index in [1.807, 2.05) is 23.1 Å². The smallest absolute Gasteiger partial charge is 0.277 e. The molecule has 2 fully saturated rings. The van der Waals surface area contributed by atoms with Crippen LogP contribution < -0.4 is 14.5 Å². The second-order valence-corrected chi connectivity index (χ2v) is 6.17. The Morgan fingerprint density at radius 3 is 2.50 bits per heavy atom. The highest BCUT2D eigenvalue weighted by Gasteiger charge is 2.26. The van der Waals surface area contributed by atoms with Gasteiger partial charge in [0.2, 0.25) is 0 Å². The molecule has 0 aromatic heterocycles. The molecule has 1 aromatic carbocycles. The summed E-state index contributed by atoms with van der Waals surface area (Å²) in [4.78, 5) is 18.0. The summed E-state index contributed by atoms with van der Waals surface area (Å²) in [5.41, 5.74) is 1.16. The molecule has 5 nitrogen and oxygen atoms in total. The molecule has 3 rings (SSSR count). The van der Waals surface area contributed by atoms with E-state index in [2.05, 4.69) is 11.0 Å². The number of benzene rings is 1. The van der Waals surface area contributed by atoms with Crippen LogP contribution in [0.3, 0.4) is 0 Å². The zero-order valence-electron chi connectivity index (χ0n) is 13.4. The molecule has 2 aliphatic rings. The number of carbonyl (C=O) groups is 1. The zero-order chi connectivity index (χ0) is 15.4. The highest BCUT2D eigenvalue weighted by atomic mass is 16.5. The van der Waals surface area contributed by atoms with Crippen LogP contribution in [0, 0.1) is 0 Å². The lowest BCUT2D eigenvalue weighted by Crippen LogP contribution is -3.15. The Labute approximate surface area is 132 Å². The van der Waals surface area contributed by atoms with Crippen LogP contribution in [0.1, 0.15) is 12.8 Å². The number of anilines is 1. The van der Waals surface area contributed by atoms with Gasteiger partial charge in [0.25, 0.3) is 5.91 Å². The van der Waals surface area contributed by atoms with Crippen molar-refractivity contribution in [2.45, 2.75) is 12.8 Å². The number of hydrogen-bond donors (Lipinski definition) is 1. The number of piperazine rings is 1. The molecule has 2 heterocycles. The van der Waals surface area contributed by atoms with Crippen molar-refractivity contribution in [1.29, 1.82) is 0 Å². The predicted molar refractivity (Wildman–Crippen MR) is 86.6 cm³/mol. The molecule has 0 unspecified atom stereocenters. The number of methoxy groups -OCH3 is 1. The van der Waals surface area contributed by atoms with Crippen LogP contribution in [-0.2, 0) is 4.79 Å². The highest BCUT2D eigenvalue weighted by Crippen LogP contribution is 2.27. The summed E-state index contributed by atoms with van der Waals surface area (Å²) in [7, 11) is 1.72. The number of rotatable bonds is 4. The maximum Gasteiger partial charge on any atom is 0.277 e. The third-order valence-electron chi connectivity index (χ3n) is 4.76. The van der Waals surface area contributed by atoms with E-state index >= 15 is 0 Å². The standard InChI is InChI=1S/C17H25N3O2/c1-22-16-7-3-2-6-15(16)19-12-10-18(11-13-19)14-17(21)20-8-4-5-9-20/h2-3,6-7H,4-5,8-14H2,1H3/p+1. The van der Waals surface area contributed by atoms with E-state index in [4.69, 9.17) is 4.74 Å². The van der Waals surface area contributed by atoms with E-state index in [0.717, 1.165) is 50.7 Å². The van der Waals surface area contributed by atoms with Crippen molar-refractivity contribution in [3.63, 3.8) is 0 Å². The van der Waals surface area contributed by atoms with Gasteiger partial charge in [-0.2, -0.15) is 0 Å². The molecule has 1 aromatic rings. The van der Waals surface area contributed by atoms with Gasteiger partial charge in [0, 0.05) is 13.1 Å². The predicted octanol–water partition coefficient (Wildman–Crippen LogP) is 0.0225. The third kappa shape index (κ3) is 3.35. The molecule has 1 amide bonds. The first-order chi connectivity index (χ1) is 10.8. The molecule has 0 saturated carbocycles. The fourth-order valence-electron chi connectivity index (χ4n) is 3.42. The number of amides is 1. The minimum atomic E-state index is 0.332. The molecule has 0 spiro atoms. The van der Waals surface area contributed by atoms with E-state index in [9.17, 15) is 4.79 Å². The van der Waals surface area contributed by atoms with Crippen LogP contribution in [-0.4, -0.2) is 63.7 Å². The van der Waals surface area contributed by atoms with E-state index in [1.165, 1.54) is 17.7 Å². The van der Waals surface area contributed by atoms with Crippen LogP contribution in [0.2, 0.25) is 0 Å². The summed E-state index contributed by atoms with van der Waals surface area (Å²) in [6.45, 7) is 6.54. The minimum Gasteiger partial charge on any atom is -0.495 e. The summed E-state index contributed by atoms with van der Waals surface area (Å²) in [6, 6.07) is 8.16. The van der Waals surface area contributed by atoms with E-state index in [0.29, 0.717) is 12.5 Å². The SMILES string of the molecule is COc1ccccc1N1CC[NH+](CC(=O)N2CCCC2)CC1. The van der Waals surface area contributed by atoms with Crippen molar-refractivity contribution >= 4 is 11.6 Å². The monoisotopic (exact) mass is 304 g/mol. The van der Waals surface area contributed by atoms with E-state index in [1.54, 1.807) is 7.11 Å². The summed E-state index contributed by atoms with van der Waals surface area (Å²) >= 11 is 0. The topological polar surface area (TPSA) is 37.2 Å². The first-order valence-corrected chi connectivity index (χ1v) is 8.27. The van der Waals surface area contributed by atoms with Crippen LogP contribution in [0.5, 0.6) is 5.75 Å². The van der Waals surface area contributed by atoms with Gasteiger partial charge in [-0.3, -0.25) is 4.79 Å². The average Bonchev–Trinajstić information content (AvgIpc) is 3.10. The average molecular weight is 304 g/mol. The Hall–Kier alpha value is -1.75. The van der Waals surface area contributed by atoms with Crippen LogP contribution in [0.4, 0.5) is 5.69 Å². The van der Waals surface area contributed by atoms with Crippen molar-refractivity contribution in [3.05, 3.63) is 24.3 Å². The van der Waals surface area contributed by atoms with Crippen LogP contribution >= 0.6 is 0 Å². The third-order valence-corrected chi connectivity index (χ3v) is 4.76. The molecule has 22 heavy (non-hydrogen) atoms. The van der Waals surface area contributed by atoms with Gasteiger partial charge in [0.15, 0.2) is 6.54 Å². The van der Waals surface area contributed by atoms with Gasteiger partial charge in [-0.1, -0.05) is 12.1 Å². The number of para-hydroxylation sites is 2. The van der Waals surface area contributed by atoms with Crippen molar-refractivity contribution in [2.24, 2.45) is 0 Å². The van der Waals surface area contributed by atoms with Crippen molar-refractivity contribution in [3.8, 4) is 5.75 Å². The zero-order valence-corrected chi connectivity index (χ0v) is 13.4. The maximum atomic E-state index is 12.2. The lowest BCUT2D eigenvalue weighted by molar-refractivity contribution is -0.892. The largest absolute Gasteiger partial charge is 0.495 e. The Kier molecular flexibility index (Phi) is 4.83. The van der Waals surface area contributed by atoms with Gasteiger partial charge >= 0.3 is 0 Å². The lowest BCUT2D eigenvalue weighted by Gasteiger charge is -2.34. The maximum absolute atomic E-state index is 12.2. The van der Waals surface area contributed by atoms with Gasteiger partial charge < -0.3 is 19.4 Å². The first kappa shape index (κ1) is 15.2. The fourth-order valence-corrected chi connectivity index (χ4v) is 3.42. The second kappa shape index (κ2) is 7.01. The molecule has 0 radical (unpaired) electrons. The molecular weight excluding hydrogens is 278 g/mol. The highest BCUT2D eigenvalue weighted by molar-refractivity contribution is 5.77.